The van der Waals surface area contributed by atoms with Crippen LogP contribution in [0.5, 0.6) is 17.4 Å². The van der Waals surface area contributed by atoms with E-state index in [2.05, 4.69) is 5.16 Å². The summed E-state index contributed by atoms with van der Waals surface area (Å²) in [6.45, 7) is 1.66. The number of aromatic hydroxyl groups is 2. The lowest BCUT2D eigenvalue weighted by Gasteiger charge is -2.06. The molecule has 0 unspecified atom stereocenters. The molecule has 0 aliphatic carbocycles. The van der Waals surface area contributed by atoms with E-state index < -0.39 is 5.97 Å². The second-order valence-electron chi connectivity index (χ2n) is 4.47. The number of carbonyl (C=O) groups excluding carboxylic acids is 1. The molecule has 1 heterocycles. The molecule has 1 aromatic heterocycles. The molecule has 0 aliphatic heterocycles. The van der Waals surface area contributed by atoms with E-state index in [1.165, 1.54) is 18.2 Å². The van der Waals surface area contributed by atoms with Gasteiger partial charge in [-0.05, 0) is 18.2 Å². The third-order valence-electron chi connectivity index (χ3n) is 2.89. The van der Waals surface area contributed by atoms with Crippen molar-refractivity contribution in [1.82, 2.24) is 0 Å². The number of hydrogen-bond acceptors (Lipinski definition) is 7. The lowest BCUT2D eigenvalue weighted by atomic mass is 10.0. The van der Waals surface area contributed by atoms with Gasteiger partial charge in [0.05, 0.1) is 12.1 Å². The van der Waals surface area contributed by atoms with Crippen LogP contribution in [0.1, 0.15) is 24.7 Å². The maximum Gasteiger partial charge on any atom is 0.313 e. The van der Waals surface area contributed by atoms with Crippen LogP contribution in [0.3, 0.4) is 0 Å². The van der Waals surface area contributed by atoms with E-state index in [0.717, 1.165) is 6.07 Å². The zero-order valence-corrected chi connectivity index (χ0v) is 11.8. The van der Waals surface area contributed by atoms with Gasteiger partial charge in [-0.25, -0.2) is 0 Å². The molecule has 2 rings (SSSR count). The van der Waals surface area contributed by atoms with Gasteiger partial charge in [0.1, 0.15) is 17.3 Å². The topological polar surface area (TPSA) is 112 Å². The first-order valence-corrected chi connectivity index (χ1v) is 6.56. The molecule has 0 bridgehead atoms. The summed E-state index contributed by atoms with van der Waals surface area (Å²) in [5.74, 6) is -0.316. The molecule has 0 fully saturated rings. The third-order valence-corrected chi connectivity index (χ3v) is 2.89. The van der Waals surface area contributed by atoms with Crippen molar-refractivity contribution in [2.24, 2.45) is 5.16 Å². The van der Waals surface area contributed by atoms with Crippen molar-refractivity contribution in [3.05, 3.63) is 41.7 Å². The summed E-state index contributed by atoms with van der Waals surface area (Å²) in [5.41, 5.74) is 0.393. The number of nitrogens with zero attached hydrogens (tertiary/aromatic N) is 1. The van der Waals surface area contributed by atoms with E-state index >= 15 is 0 Å². The summed E-state index contributed by atoms with van der Waals surface area (Å²) in [7, 11) is 0. The first kappa shape index (κ1) is 15.4. The molecule has 22 heavy (non-hydrogen) atoms. The van der Waals surface area contributed by atoms with Gasteiger partial charge in [-0.3, -0.25) is 4.79 Å². The van der Waals surface area contributed by atoms with Gasteiger partial charge in [0.2, 0.25) is 0 Å². The summed E-state index contributed by atoms with van der Waals surface area (Å²) >= 11 is 0. The molecule has 7 heteroatoms. The predicted octanol–water partition coefficient (Wildman–Crippen LogP) is 2.43. The normalized spacial score (nSPS) is 11.4. The van der Waals surface area contributed by atoms with Crippen molar-refractivity contribution in [1.29, 1.82) is 0 Å². The number of hydrogen-bond donors (Lipinski definition) is 3. The number of rotatable bonds is 5. The number of furan rings is 1. The first-order valence-electron chi connectivity index (χ1n) is 6.56. The Balaban J connectivity index is 2.16. The summed E-state index contributed by atoms with van der Waals surface area (Å²) in [6.07, 6.45) is 0.291. The van der Waals surface area contributed by atoms with Gasteiger partial charge in [0.25, 0.3) is 5.95 Å². The smallest absolute Gasteiger partial charge is 0.313 e. The molecule has 2 aromatic rings. The van der Waals surface area contributed by atoms with E-state index in [-0.39, 0.29) is 41.6 Å². The average Bonchev–Trinajstić information content (AvgIpc) is 2.92. The number of benzene rings is 1. The third kappa shape index (κ3) is 3.57. The molecule has 1 aromatic carbocycles. The Labute approximate surface area is 126 Å². The largest absolute Gasteiger partial charge is 0.508 e. The van der Waals surface area contributed by atoms with E-state index in [1.54, 1.807) is 13.0 Å². The van der Waals surface area contributed by atoms with Crippen LogP contribution in [-0.2, 0) is 11.2 Å². The molecule has 3 N–H and O–H groups in total. The van der Waals surface area contributed by atoms with Crippen molar-refractivity contribution in [2.45, 2.75) is 19.8 Å². The predicted molar refractivity (Wildman–Crippen MR) is 76.4 cm³/mol. The maximum atomic E-state index is 11.2. The van der Waals surface area contributed by atoms with Crippen LogP contribution in [0, 0.1) is 0 Å². The Bertz CT molecular complexity index is 704. The summed E-state index contributed by atoms with van der Waals surface area (Å²) in [6, 6.07) is 6.96. The standard InChI is InChI=1S/C15H15NO6/c1-2-14(19)22-15-6-4-10(21-15)8-12(16-20)11-5-3-9(17)7-13(11)18/h3-7,17-18,20H,2,8H2,1H3/b16-12-. The quantitative estimate of drug-likeness (QED) is 0.338. The molecule has 0 atom stereocenters. The molecule has 0 saturated carbocycles. The monoisotopic (exact) mass is 305 g/mol. The molecule has 7 nitrogen and oxygen atoms in total. The molecule has 0 amide bonds. The van der Waals surface area contributed by atoms with Gasteiger partial charge in [-0.2, -0.15) is 0 Å². The van der Waals surface area contributed by atoms with Crippen LogP contribution in [0.25, 0.3) is 0 Å². The Morgan fingerprint density at radius 3 is 2.68 bits per heavy atom. The molecule has 0 radical (unpaired) electrons. The number of oxime groups is 1. The Hall–Kier alpha value is -2.96. The number of phenols is 2. The van der Waals surface area contributed by atoms with Crippen LogP contribution in [0.2, 0.25) is 0 Å². The van der Waals surface area contributed by atoms with Crippen molar-refractivity contribution in [2.75, 3.05) is 0 Å². The minimum Gasteiger partial charge on any atom is -0.508 e. The Morgan fingerprint density at radius 1 is 1.27 bits per heavy atom. The number of carbonyl (C=O) groups is 1. The highest BCUT2D eigenvalue weighted by Gasteiger charge is 2.15. The zero-order chi connectivity index (χ0) is 16.1. The summed E-state index contributed by atoms with van der Waals surface area (Å²) in [5, 5.41) is 31.3. The lowest BCUT2D eigenvalue weighted by Crippen LogP contribution is -2.06. The molecular formula is C15H15NO6. The SMILES string of the molecule is CCC(=O)Oc1ccc(C/C(=N/O)c2ccc(O)cc2O)o1. The second-order valence-corrected chi connectivity index (χ2v) is 4.47. The van der Waals surface area contributed by atoms with Crippen LogP contribution in [0.4, 0.5) is 0 Å². The number of ether oxygens (including phenoxy) is 1. The summed E-state index contributed by atoms with van der Waals surface area (Å²) in [4.78, 5) is 11.2. The Morgan fingerprint density at radius 2 is 2.05 bits per heavy atom. The minimum absolute atomic E-state index is 0.0501. The van der Waals surface area contributed by atoms with Gasteiger partial charge in [0.15, 0.2) is 0 Å². The minimum atomic E-state index is -0.423. The average molecular weight is 305 g/mol. The van der Waals surface area contributed by atoms with Crippen molar-refractivity contribution in [3.8, 4) is 17.4 Å². The molecule has 0 spiro atoms. The van der Waals surface area contributed by atoms with Gasteiger partial charge < -0.3 is 24.6 Å². The van der Waals surface area contributed by atoms with Crippen LogP contribution >= 0.6 is 0 Å². The van der Waals surface area contributed by atoms with Crippen LogP contribution in [-0.4, -0.2) is 27.1 Å². The second kappa shape index (κ2) is 6.66. The van der Waals surface area contributed by atoms with Crippen LogP contribution < -0.4 is 4.74 Å². The molecule has 116 valence electrons. The highest BCUT2D eigenvalue weighted by Crippen LogP contribution is 2.25. The van der Waals surface area contributed by atoms with Gasteiger partial charge >= 0.3 is 5.97 Å². The van der Waals surface area contributed by atoms with Crippen molar-refractivity contribution >= 4 is 11.7 Å². The fourth-order valence-corrected chi connectivity index (χ4v) is 1.81. The highest BCUT2D eigenvalue weighted by molar-refractivity contribution is 6.03. The molecule has 0 saturated heterocycles. The maximum absolute atomic E-state index is 11.2. The number of esters is 1. The zero-order valence-electron chi connectivity index (χ0n) is 11.8. The van der Waals surface area contributed by atoms with Gasteiger partial charge in [-0.1, -0.05) is 12.1 Å². The number of phenolic OH excluding ortho intramolecular Hbond substituents is 2. The molecule has 0 aliphatic rings. The van der Waals surface area contributed by atoms with E-state index in [1.807, 2.05) is 0 Å². The van der Waals surface area contributed by atoms with E-state index in [9.17, 15) is 15.0 Å². The van der Waals surface area contributed by atoms with Crippen molar-refractivity contribution in [3.63, 3.8) is 0 Å². The highest BCUT2D eigenvalue weighted by atomic mass is 16.6. The van der Waals surface area contributed by atoms with E-state index in [4.69, 9.17) is 14.4 Å². The van der Waals surface area contributed by atoms with Gasteiger partial charge in [0, 0.05) is 24.1 Å². The molecular weight excluding hydrogens is 290 g/mol. The fraction of sp³-hybridized carbons (Fsp3) is 0.200. The fourth-order valence-electron chi connectivity index (χ4n) is 1.81. The van der Waals surface area contributed by atoms with Crippen molar-refractivity contribution < 1.29 is 29.4 Å². The Kier molecular flexibility index (Phi) is 4.67. The summed E-state index contributed by atoms with van der Waals surface area (Å²) < 4.78 is 10.2. The lowest BCUT2D eigenvalue weighted by molar-refractivity contribution is -0.135. The van der Waals surface area contributed by atoms with Crippen LogP contribution in [0.15, 0.2) is 39.9 Å². The first-order chi connectivity index (χ1) is 10.5. The van der Waals surface area contributed by atoms with Gasteiger partial charge in [-0.15, -0.1) is 0 Å². The van der Waals surface area contributed by atoms with E-state index in [0.29, 0.717) is 5.76 Å².